The van der Waals surface area contributed by atoms with Gasteiger partial charge in [0.2, 0.25) is 5.69 Å². The van der Waals surface area contributed by atoms with Gasteiger partial charge in [0.25, 0.3) is 11.5 Å². The van der Waals surface area contributed by atoms with Crippen LogP contribution >= 0.6 is 15.9 Å². The maximum atomic E-state index is 12.9. The van der Waals surface area contributed by atoms with Crippen LogP contribution in [0.3, 0.4) is 0 Å². The van der Waals surface area contributed by atoms with Crippen LogP contribution < -0.4 is 26.5 Å². The predicted octanol–water partition coefficient (Wildman–Crippen LogP) is 3.45. The van der Waals surface area contributed by atoms with E-state index in [1.807, 2.05) is 0 Å². The number of aromatic nitrogens is 3. The number of ether oxygens (including phenoxy) is 3. The predicted molar refractivity (Wildman–Crippen MR) is 141 cm³/mol. The Morgan fingerprint density at radius 1 is 1.08 bits per heavy atom. The molecule has 3 N–H and O–H groups in total. The molecule has 0 bridgehead atoms. The minimum absolute atomic E-state index is 0.260. The summed E-state index contributed by atoms with van der Waals surface area (Å²) >= 11 is 3.43. The summed E-state index contributed by atoms with van der Waals surface area (Å²) in [4.78, 5) is 52.3. The van der Waals surface area contributed by atoms with Crippen molar-refractivity contribution in [2.45, 2.75) is 51.6 Å². The summed E-state index contributed by atoms with van der Waals surface area (Å²) in [6.07, 6.45) is 2.71. The second-order valence-electron chi connectivity index (χ2n) is 9.14. The molecule has 4 rings (SSSR count). The summed E-state index contributed by atoms with van der Waals surface area (Å²) in [5.41, 5.74) is 3.14. The third kappa shape index (κ3) is 5.35. The highest BCUT2D eigenvalue weighted by Crippen LogP contribution is 2.35. The third-order valence-corrected chi connectivity index (χ3v) is 7.07. The number of H-pyrrole nitrogens is 1. The van der Waals surface area contributed by atoms with Gasteiger partial charge in [0.05, 0.1) is 17.3 Å². The zero-order chi connectivity index (χ0) is 27.6. The number of aromatic amines is 1. The van der Waals surface area contributed by atoms with Crippen molar-refractivity contribution in [3.63, 3.8) is 0 Å². The Kier molecular flexibility index (Phi) is 7.72. The molecule has 11 nitrogen and oxygen atoms in total. The number of nitrogens with two attached hydrogens (primary N) is 1. The highest BCUT2D eigenvalue weighted by atomic mass is 79.9. The van der Waals surface area contributed by atoms with Crippen LogP contribution in [0.4, 0.5) is 0 Å². The number of amides is 1. The normalized spacial score (nSPS) is 14.5. The smallest absolute Gasteiger partial charge is 0.365 e. The van der Waals surface area contributed by atoms with Gasteiger partial charge in [0.1, 0.15) is 17.2 Å². The molecule has 200 valence electrons. The molecule has 0 aliphatic heterocycles. The number of nitrogens with one attached hydrogen (secondary N) is 1. The van der Waals surface area contributed by atoms with Gasteiger partial charge in [-0.3, -0.25) is 14.6 Å². The van der Waals surface area contributed by atoms with Gasteiger partial charge in [-0.1, -0.05) is 6.42 Å². The van der Waals surface area contributed by atoms with E-state index in [9.17, 15) is 19.2 Å². The summed E-state index contributed by atoms with van der Waals surface area (Å²) in [7, 11) is 1.57. The van der Waals surface area contributed by atoms with Crippen LogP contribution in [-0.2, 0) is 9.53 Å². The fourth-order valence-electron chi connectivity index (χ4n) is 4.50. The van der Waals surface area contributed by atoms with Gasteiger partial charge < -0.3 is 19.9 Å². The van der Waals surface area contributed by atoms with Crippen molar-refractivity contribution in [2.75, 3.05) is 7.11 Å². The van der Waals surface area contributed by atoms with E-state index in [1.165, 1.54) is 0 Å². The van der Waals surface area contributed by atoms with Crippen molar-refractivity contribution in [1.29, 1.82) is 0 Å². The van der Waals surface area contributed by atoms with Crippen molar-refractivity contribution in [2.24, 2.45) is 5.73 Å². The topological polar surface area (TPSA) is 156 Å². The minimum atomic E-state index is -1.51. The lowest BCUT2D eigenvalue weighted by atomic mass is 9.84. The van der Waals surface area contributed by atoms with Gasteiger partial charge in [0.15, 0.2) is 5.60 Å². The zero-order valence-electron chi connectivity index (χ0n) is 21.1. The molecular formula is C26H27BrN4O7. The van der Waals surface area contributed by atoms with E-state index < -0.39 is 34.4 Å². The average Bonchev–Trinajstić information content (AvgIpc) is 2.86. The molecule has 0 saturated heterocycles. The van der Waals surface area contributed by atoms with Crippen molar-refractivity contribution in [1.82, 2.24) is 14.8 Å². The number of hydrogen-bond acceptors (Lipinski definition) is 8. The Labute approximate surface area is 226 Å². The number of hydrogen-bond donors (Lipinski definition) is 2. The number of esters is 1. The molecule has 1 aliphatic carbocycles. The Balaban J connectivity index is 1.67. The quantitative estimate of drug-likeness (QED) is 0.399. The number of aryl methyl sites for hydroxylation is 2. The molecule has 1 aliphatic rings. The van der Waals surface area contributed by atoms with E-state index in [-0.39, 0.29) is 12.8 Å². The number of benzene rings is 2. The van der Waals surface area contributed by atoms with E-state index in [0.717, 1.165) is 15.6 Å². The molecule has 1 fully saturated rings. The van der Waals surface area contributed by atoms with E-state index in [0.29, 0.717) is 46.9 Å². The molecule has 38 heavy (non-hydrogen) atoms. The van der Waals surface area contributed by atoms with Crippen molar-refractivity contribution >= 4 is 27.8 Å². The lowest BCUT2D eigenvalue weighted by Gasteiger charge is -2.33. The SMILES string of the molecule is COc1ccc(Oc2c(C)cc(-n3nc(C(=O)OC4(C(N)=O)CCCCC4)c(=O)[nH]c3=O)cc2C)cc1Br. The van der Waals surface area contributed by atoms with Gasteiger partial charge in [-0.25, -0.2) is 9.59 Å². The molecule has 0 unspecified atom stereocenters. The molecule has 3 aromatic rings. The summed E-state index contributed by atoms with van der Waals surface area (Å²) in [5.74, 6) is -0.125. The maximum Gasteiger partial charge on any atom is 0.365 e. The van der Waals surface area contributed by atoms with Crippen molar-refractivity contribution in [3.8, 4) is 22.9 Å². The molecule has 1 amide bonds. The van der Waals surface area contributed by atoms with Crippen LogP contribution in [0.25, 0.3) is 5.69 Å². The largest absolute Gasteiger partial charge is 0.496 e. The molecule has 1 aromatic heterocycles. The molecule has 0 spiro atoms. The molecule has 1 heterocycles. The fraction of sp³-hybridized carbons (Fsp3) is 0.346. The number of nitrogens with zero attached hydrogens (tertiary/aromatic N) is 2. The molecule has 12 heteroatoms. The Bertz CT molecular complexity index is 1500. The highest BCUT2D eigenvalue weighted by Gasteiger charge is 2.42. The standard InChI is InChI=1S/C26H27BrN4O7/c1-14-11-16(12-15(2)21(14)37-17-7-8-19(36-3)18(27)13-17)31-25(35)29-22(32)20(30-31)23(33)38-26(24(28)34)9-5-4-6-10-26/h7-8,11-13H,4-6,9-10H2,1-3H3,(H2,28,34)(H,29,32,35). The van der Waals surface area contributed by atoms with Crippen LogP contribution in [0, 0.1) is 13.8 Å². The number of halogens is 1. The average molecular weight is 587 g/mol. The Morgan fingerprint density at radius 2 is 1.74 bits per heavy atom. The fourth-order valence-corrected chi connectivity index (χ4v) is 5.01. The first-order valence-corrected chi connectivity index (χ1v) is 12.7. The summed E-state index contributed by atoms with van der Waals surface area (Å²) < 4.78 is 18.4. The zero-order valence-corrected chi connectivity index (χ0v) is 22.7. The first-order chi connectivity index (χ1) is 18.0. The maximum absolute atomic E-state index is 12.9. The third-order valence-electron chi connectivity index (χ3n) is 6.45. The lowest BCUT2D eigenvalue weighted by molar-refractivity contribution is -0.140. The van der Waals surface area contributed by atoms with Gasteiger partial charge in [-0.05, 0) is 96.9 Å². The van der Waals surface area contributed by atoms with E-state index in [1.54, 1.807) is 51.3 Å². The second kappa shape index (κ2) is 10.8. The minimum Gasteiger partial charge on any atom is -0.496 e. The number of carbonyl (C=O) groups is 2. The molecular weight excluding hydrogens is 560 g/mol. The van der Waals surface area contributed by atoms with Crippen LogP contribution in [0.15, 0.2) is 44.4 Å². The number of carbonyl (C=O) groups excluding carboxylic acids is 2. The lowest BCUT2D eigenvalue weighted by Crippen LogP contribution is -2.50. The van der Waals surface area contributed by atoms with Gasteiger partial charge in [-0.2, -0.15) is 9.78 Å². The van der Waals surface area contributed by atoms with Gasteiger partial charge >= 0.3 is 11.7 Å². The van der Waals surface area contributed by atoms with Crippen LogP contribution in [0.1, 0.15) is 53.7 Å². The summed E-state index contributed by atoms with van der Waals surface area (Å²) in [5, 5.41) is 4.00. The van der Waals surface area contributed by atoms with Crippen molar-refractivity contribution in [3.05, 3.63) is 72.5 Å². The van der Waals surface area contributed by atoms with Crippen LogP contribution in [-0.4, -0.2) is 39.4 Å². The van der Waals surface area contributed by atoms with Crippen LogP contribution in [0.5, 0.6) is 17.2 Å². The first-order valence-electron chi connectivity index (χ1n) is 11.9. The van der Waals surface area contributed by atoms with Crippen molar-refractivity contribution < 1.29 is 23.8 Å². The molecule has 0 atom stereocenters. The number of rotatable bonds is 7. The van der Waals surface area contributed by atoms with E-state index >= 15 is 0 Å². The highest BCUT2D eigenvalue weighted by molar-refractivity contribution is 9.10. The molecule has 1 saturated carbocycles. The van der Waals surface area contributed by atoms with E-state index in [2.05, 4.69) is 26.0 Å². The number of primary amides is 1. The first kappa shape index (κ1) is 27.1. The van der Waals surface area contributed by atoms with Crippen LogP contribution in [0.2, 0.25) is 0 Å². The summed E-state index contributed by atoms with van der Waals surface area (Å²) in [6, 6.07) is 8.55. The van der Waals surface area contributed by atoms with E-state index in [4.69, 9.17) is 19.9 Å². The molecule has 2 aromatic carbocycles. The Hall–Kier alpha value is -3.93. The number of methoxy groups -OCH3 is 1. The Morgan fingerprint density at radius 3 is 2.32 bits per heavy atom. The molecule has 0 radical (unpaired) electrons. The van der Waals surface area contributed by atoms with Gasteiger partial charge in [0, 0.05) is 0 Å². The second-order valence-corrected chi connectivity index (χ2v) is 9.99. The summed E-state index contributed by atoms with van der Waals surface area (Å²) in [6.45, 7) is 3.58. The van der Waals surface area contributed by atoms with Gasteiger partial charge in [-0.15, -0.1) is 0 Å². The monoisotopic (exact) mass is 586 g/mol.